The molecule has 4 rings (SSSR count). The average molecular weight is 497 g/mol. The number of aromatic amines is 1. The van der Waals surface area contributed by atoms with Gasteiger partial charge in [-0.1, -0.05) is 12.2 Å². The molecular formula is C25H26F2N6O3. The molecule has 0 saturated carbocycles. The first-order valence-corrected chi connectivity index (χ1v) is 11.4. The molecule has 1 aliphatic carbocycles. The second-order valence-corrected chi connectivity index (χ2v) is 8.42. The largest absolute Gasteiger partial charge is 0.435 e. The lowest BCUT2D eigenvalue weighted by Gasteiger charge is -2.21. The third-order valence-electron chi connectivity index (χ3n) is 5.71. The number of carbonyl (C=O) groups excluding carboxylic acids is 2. The highest BCUT2D eigenvalue weighted by molar-refractivity contribution is 6.01. The number of hydrogen-bond donors (Lipinski definition) is 3. The number of ether oxygens (including phenoxy) is 1. The molecule has 188 valence electrons. The van der Waals surface area contributed by atoms with E-state index in [4.69, 9.17) is 4.74 Å². The number of amides is 2. The van der Waals surface area contributed by atoms with Crippen molar-refractivity contribution < 1.29 is 23.1 Å². The van der Waals surface area contributed by atoms with Crippen LogP contribution in [0.5, 0.6) is 11.6 Å². The summed E-state index contributed by atoms with van der Waals surface area (Å²) in [5.74, 6) is -2.59. The zero-order valence-corrected chi connectivity index (χ0v) is 20.3. The summed E-state index contributed by atoms with van der Waals surface area (Å²) in [6.45, 7) is 5.30. The summed E-state index contributed by atoms with van der Waals surface area (Å²) in [5.41, 5.74) is 1.21. The van der Waals surface area contributed by atoms with Crippen LogP contribution in [0.2, 0.25) is 0 Å². The van der Waals surface area contributed by atoms with Crippen molar-refractivity contribution in [1.29, 1.82) is 0 Å². The van der Waals surface area contributed by atoms with Gasteiger partial charge < -0.3 is 25.3 Å². The van der Waals surface area contributed by atoms with Gasteiger partial charge in [0, 0.05) is 43.4 Å². The first-order valence-electron chi connectivity index (χ1n) is 11.4. The van der Waals surface area contributed by atoms with Gasteiger partial charge in [0.15, 0.2) is 23.2 Å². The molecule has 11 heteroatoms. The van der Waals surface area contributed by atoms with Crippen molar-refractivity contribution in [2.75, 3.05) is 18.9 Å². The number of carbonyl (C=O) groups is 2. The number of H-pyrrole nitrogens is 1. The van der Waals surface area contributed by atoms with Crippen molar-refractivity contribution in [3.05, 3.63) is 65.3 Å². The van der Waals surface area contributed by atoms with E-state index in [0.717, 1.165) is 6.07 Å². The number of hydrogen-bond acceptors (Lipinski definition) is 6. The van der Waals surface area contributed by atoms with Crippen LogP contribution in [0.4, 0.5) is 14.6 Å². The van der Waals surface area contributed by atoms with Crippen molar-refractivity contribution >= 4 is 28.5 Å². The van der Waals surface area contributed by atoms with E-state index in [2.05, 4.69) is 25.6 Å². The zero-order valence-electron chi connectivity index (χ0n) is 20.3. The van der Waals surface area contributed by atoms with Crippen molar-refractivity contribution in [3.8, 4) is 11.6 Å². The van der Waals surface area contributed by atoms with Gasteiger partial charge in [0.1, 0.15) is 11.9 Å². The SMILES string of the molecule is CCN(C)C(=O)c1c(NC2=CCC(NC(C)=O)C=C2)ncnc1Oc1cc(F)c2[nH]c(C)cc2c1F. The van der Waals surface area contributed by atoms with Gasteiger partial charge in [-0.2, -0.15) is 0 Å². The van der Waals surface area contributed by atoms with Crippen LogP contribution in [0.25, 0.3) is 10.9 Å². The van der Waals surface area contributed by atoms with Crippen LogP contribution in [-0.2, 0) is 4.79 Å². The van der Waals surface area contributed by atoms with Gasteiger partial charge in [-0.25, -0.2) is 18.7 Å². The van der Waals surface area contributed by atoms with Crippen LogP contribution in [0.15, 0.2) is 42.4 Å². The van der Waals surface area contributed by atoms with Crippen molar-refractivity contribution in [2.24, 2.45) is 0 Å². The lowest BCUT2D eigenvalue weighted by Crippen LogP contribution is -2.32. The number of allylic oxidation sites excluding steroid dienone is 1. The predicted octanol–water partition coefficient (Wildman–Crippen LogP) is 4.19. The number of aromatic nitrogens is 3. The molecule has 1 aromatic carbocycles. The van der Waals surface area contributed by atoms with E-state index in [1.54, 1.807) is 27.0 Å². The molecule has 1 unspecified atom stereocenters. The fraction of sp³-hybridized carbons (Fsp3) is 0.280. The van der Waals surface area contributed by atoms with Crippen LogP contribution < -0.4 is 15.4 Å². The summed E-state index contributed by atoms with van der Waals surface area (Å²) in [6.07, 6.45) is 7.11. The van der Waals surface area contributed by atoms with Crippen LogP contribution in [0.1, 0.15) is 36.3 Å². The summed E-state index contributed by atoms with van der Waals surface area (Å²) in [5, 5.41) is 5.91. The molecule has 3 aromatic rings. The number of benzene rings is 1. The topological polar surface area (TPSA) is 112 Å². The Morgan fingerprint density at radius 3 is 2.72 bits per heavy atom. The zero-order chi connectivity index (χ0) is 26.0. The lowest BCUT2D eigenvalue weighted by molar-refractivity contribution is -0.119. The minimum Gasteiger partial charge on any atom is -0.435 e. The van der Waals surface area contributed by atoms with Crippen LogP contribution in [-0.4, -0.2) is 51.3 Å². The maximum Gasteiger partial charge on any atom is 0.262 e. The third kappa shape index (κ3) is 5.04. The Hall–Kier alpha value is -4.28. The number of fused-ring (bicyclic) bond motifs is 1. The fourth-order valence-corrected chi connectivity index (χ4v) is 3.80. The minimum absolute atomic E-state index is 0.0259. The van der Waals surface area contributed by atoms with Gasteiger partial charge in [0.05, 0.1) is 11.6 Å². The summed E-state index contributed by atoms with van der Waals surface area (Å²) in [4.78, 5) is 37.0. The summed E-state index contributed by atoms with van der Waals surface area (Å²) in [6, 6.07) is 2.24. The molecule has 1 atom stereocenters. The molecule has 0 bridgehead atoms. The molecule has 0 radical (unpaired) electrons. The fourth-order valence-electron chi connectivity index (χ4n) is 3.80. The molecule has 2 aromatic heterocycles. The summed E-state index contributed by atoms with van der Waals surface area (Å²) < 4.78 is 35.5. The number of nitrogens with zero attached hydrogens (tertiary/aromatic N) is 3. The van der Waals surface area contributed by atoms with E-state index in [0.29, 0.717) is 24.4 Å². The van der Waals surface area contributed by atoms with E-state index in [1.807, 2.05) is 12.2 Å². The van der Waals surface area contributed by atoms with Gasteiger partial charge in [-0.3, -0.25) is 9.59 Å². The van der Waals surface area contributed by atoms with Gasteiger partial charge in [-0.05, 0) is 32.4 Å². The van der Waals surface area contributed by atoms with Crippen LogP contribution in [0.3, 0.4) is 0 Å². The van der Waals surface area contributed by atoms with E-state index >= 15 is 4.39 Å². The number of nitrogens with one attached hydrogen (secondary N) is 3. The smallest absolute Gasteiger partial charge is 0.262 e. The van der Waals surface area contributed by atoms with E-state index in [-0.39, 0.29) is 40.1 Å². The maximum absolute atomic E-state index is 15.2. The van der Waals surface area contributed by atoms with Gasteiger partial charge in [0.25, 0.3) is 5.91 Å². The Morgan fingerprint density at radius 1 is 1.28 bits per heavy atom. The quantitative estimate of drug-likeness (QED) is 0.452. The second kappa shape index (κ2) is 10.1. The number of halogens is 2. The molecule has 1 aliphatic rings. The van der Waals surface area contributed by atoms with Gasteiger partial charge in [0.2, 0.25) is 11.8 Å². The van der Waals surface area contributed by atoms with Crippen molar-refractivity contribution in [2.45, 2.75) is 33.2 Å². The molecule has 2 amide bonds. The van der Waals surface area contributed by atoms with E-state index in [1.165, 1.54) is 24.2 Å². The Kier molecular flexibility index (Phi) is 7.00. The average Bonchev–Trinajstić information content (AvgIpc) is 3.25. The molecule has 0 aliphatic heterocycles. The number of rotatable bonds is 7. The minimum atomic E-state index is -0.784. The second-order valence-electron chi connectivity index (χ2n) is 8.42. The molecule has 0 saturated heterocycles. The first-order chi connectivity index (χ1) is 17.2. The molecular weight excluding hydrogens is 470 g/mol. The number of aryl methyl sites for hydroxylation is 1. The molecule has 36 heavy (non-hydrogen) atoms. The molecule has 9 nitrogen and oxygen atoms in total. The summed E-state index contributed by atoms with van der Waals surface area (Å²) in [7, 11) is 1.59. The third-order valence-corrected chi connectivity index (χ3v) is 5.71. The molecule has 3 N–H and O–H groups in total. The van der Waals surface area contributed by atoms with Crippen LogP contribution in [0, 0.1) is 18.6 Å². The maximum atomic E-state index is 15.2. The van der Waals surface area contributed by atoms with Crippen LogP contribution >= 0.6 is 0 Å². The highest BCUT2D eigenvalue weighted by Gasteiger charge is 2.26. The first kappa shape index (κ1) is 24.8. The molecule has 0 fully saturated rings. The van der Waals surface area contributed by atoms with Gasteiger partial charge in [-0.15, -0.1) is 0 Å². The summed E-state index contributed by atoms with van der Waals surface area (Å²) >= 11 is 0. The van der Waals surface area contributed by atoms with E-state index in [9.17, 15) is 14.0 Å². The predicted molar refractivity (Wildman–Crippen MR) is 131 cm³/mol. The molecule has 2 heterocycles. The van der Waals surface area contributed by atoms with E-state index < -0.39 is 23.3 Å². The van der Waals surface area contributed by atoms with Crippen molar-refractivity contribution in [1.82, 2.24) is 25.2 Å². The van der Waals surface area contributed by atoms with Gasteiger partial charge >= 0.3 is 0 Å². The Bertz CT molecular complexity index is 1400. The lowest BCUT2D eigenvalue weighted by atomic mass is 10.1. The highest BCUT2D eigenvalue weighted by Crippen LogP contribution is 2.35. The van der Waals surface area contributed by atoms with Crippen molar-refractivity contribution in [3.63, 3.8) is 0 Å². The Morgan fingerprint density at radius 2 is 2.06 bits per heavy atom. The normalized spacial score (nSPS) is 14.9. The standard InChI is InChI=1S/C25H26F2N6O3/c1-5-33(4)25(35)20-23(32-16-8-6-15(7-9-16)31-14(3)34)28-12-29-24(20)36-19-11-18(26)22-17(21(19)27)10-13(2)30-22/h6,8-12,15,30H,5,7H2,1-4H3,(H,31,34)(H,28,29,32). The Labute approximate surface area is 206 Å². The number of anilines is 1. The molecule has 0 spiro atoms. The monoisotopic (exact) mass is 496 g/mol. The highest BCUT2D eigenvalue weighted by atomic mass is 19.1. The Balaban J connectivity index is 1.71.